The van der Waals surface area contributed by atoms with Crippen LogP contribution in [0.1, 0.15) is 22.3 Å². The number of hydrogen-bond acceptors (Lipinski definition) is 4. The topological polar surface area (TPSA) is 40.5 Å². The first-order valence-electron chi connectivity index (χ1n) is 14.9. The van der Waals surface area contributed by atoms with Crippen LogP contribution in [-0.4, -0.2) is 10.2 Å². The van der Waals surface area contributed by atoms with Crippen molar-refractivity contribution in [2.75, 3.05) is 0 Å². The molecule has 0 radical (unpaired) electrons. The molecule has 0 amide bonds. The first-order chi connectivity index (χ1) is 22.2. The molecule has 0 bridgehead atoms. The lowest BCUT2D eigenvalue weighted by Crippen LogP contribution is -2.30. The fourth-order valence-electron chi connectivity index (χ4n) is 7.71. The molecular formula is C41H26O2S2. The van der Waals surface area contributed by atoms with Gasteiger partial charge in [0.1, 0.15) is 11.5 Å². The van der Waals surface area contributed by atoms with Crippen molar-refractivity contribution in [1.82, 2.24) is 0 Å². The maximum atomic E-state index is 11.2. The van der Waals surface area contributed by atoms with E-state index >= 15 is 0 Å². The van der Waals surface area contributed by atoms with Crippen LogP contribution in [-0.2, 0) is 5.41 Å². The molecule has 0 saturated carbocycles. The van der Waals surface area contributed by atoms with Crippen LogP contribution in [0.4, 0.5) is 0 Å². The second-order valence-electron chi connectivity index (χ2n) is 11.6. The zero-order chi connectivity index (χ0) is 30.1. The molecule has 0 atom stereocenters. The van der Waals surface area contributed by atoms with Gasteiger partial charge in [0.2, 0.25) is 0 Å². The highest BCUT2D eigenvalue weighted by atomic mass is 32.1. The Balaban J connectivity index is 1.60. The van der Waals surface area contributed by atoms with Crippen molar-refractivity contribution in [3.8, 4) is 44.9 Å². The van der Waals surface area contributed by atoms with Crippen LogP contribution in [0.2, 0.25) is 0 Å². The molecule has 45 heavy (non-hydrogen) atoms. The average molecular weight is 615 g/mol. The van der Waals surface area contributed by atoms with E-state index in [1.165, 1.54) is 44.5 Å². The molecule has 2 N–H and O–H groups in total. The molecule has 0 unspecified atom stereocenters. The van der Waals surface area contributed by atoms with Crippen molar-refractivity contribution in [2.24, 2.45) is 0 Å². The number of fused-ring (bicyclic) bond motifs is 5. The summed E-state index contributed by atoms with van der Waals surface area (Å²) < 4.78 is 0. The summed E-state index contributed by atoms with van der Waals surface area (Å²) in [7, 11) is 0. The molecule has 1 aliphatic carbocycles. The Morgan fingerprint density at radius 3 is 1.24 bits per heavy atom. The van der Waals surface area contributed by atoms with E-state index in [0.717, 1.165) is 32.7 Å². The Bertz CT molecular complexity index is 2230. The molecule has 1 aliphatic rings. The molecular weight excluding hydrogens is 589 g/mol. The van der Waals surface area contributed by atoms with Gasteiger partial charge in [-0.25, -0.2) is 0 Å². The van der Waals surface area contributed by atoms with Crippen LogP contribution < -0.4 is 0 Å². The first kappa shape index (κ1) is 26.3. The molecule has 0 spiro atoms. The first-order valence-corrected chi connectivity index (χ1v) is 16.8. The lowest BCUT2D eigenvalue weighted by molar-refractivity contribution is 0.481. The van der Waals surface area contributed by atoms with Crippen LogP contribution >= 0.6 is 22.7 Å². The zero-order valence-corrected chi connectivity index (χ0v) is 25.7. The maximum absolute atomic E-state index is 11.2. The Morgan fingerprint density at radius 2 is 0.822 bits per heavy atom. The standard InChI is InChI=1S/C41H26O2S2/c42-37-17-15-35(29-7-1-3-9-31(29)37)41(36-16-18-38(43)32-10-4-2-8-30(32)36)39-27(25-19-21-44-23-25)11-5-13-33(39)34-14-6-12-28(40(34)41)26-20-22-45-24-26/h1-24,42-43H. The van der Waals surface area contributed by atoms with Crippen molar-refractivity contribution in [3.63, 3.8) is 0 Å². The largest absolute Gasteiger partial charge is 0.507 e. The number of phenolic OH excluding ortho intramolecular Hbond substituents is 2. The predicted molar refractivity (Wildman–Crippen MR) is 189 cm³/mol. The van der Waals surface area contributed by atoms with E-state index in [1.54, 1.807) is 22.7 Å². The van der Waals surface area contributed by atoms with E-state index in [9.17, 15) is 10.2 Å². The fraction of sp³-hybridized carbons (Fsp3) is 0.0244. The van der Waals surface area contributed by atoms with E-state index < -0.39 is 5.41 Å². The quantitative estimate of drug-likeness (QED) is 0.207. The van der Waals surface area contributed by atoms with Crippen LogP contribution in [0.3, 0.4) is 0 Å². The van der Waals surface area contributed by atoms with Gasteiger partial charge in [-0.15, -0.1) is 0 Å². The van der Waals surface area contributed by atoms with Crippen molar-refractivity contribution < 1.29 is 10.2 Å². The van der Waals surface area contributed by atoms with Crippen LogP contribution in [0.25, 0.3) is 54.9 Å². The molecule has 4 heteroatoms. The number of aromatic hydroxyl groups is 2. The van der Waals surface area contributed by atoms with E-state index in [1.807, 2.05) is 36.4 Å². The Labute approximate surface area is 268 Å². The maximum Gasteiger partial charge on any atom is 0.123 e. The van der Waals surface area contributed by atoms with E-state index in [2.05, 4.69) is 106 Å². The van der Waals surface area contributed by atoms with Gasteiger partial charge in [-0.05, 0) is 112 Å². The van der Waals surface area contributed by atoms with Gasteiger partial charge in [0.05, 0.1) is 5.41 Å². The smallest absolute Gasteiger partial charge is 0.123 e. The fourth-order valence-corrected chi connectivity index (χ4v) is 9.02. The highest BCUT2D eigenvalue weighted by molar-refractivity contribution is 7.08. The summed E-state index contributed by atoms with van der Waals surface area (Å²) in [6, 6.07) is 42.1. The van der Waals surface area contributed by atoms with Gasteiger partial charge < -0.3 is 10.2 Å². The molecule has 0 saturated heterocycles. The minimum absolute atomic E-state index is 0.260. The average Bonchev–Trinajstić information content (AvgIpc) is 3.87. The molecule has 9 rings (SSSR count). The summed E-state index contributed by atoms with van der Waals surface area (Å²) >= 11 is 3.40. The molecule has 2 aromatic heterocycles. The van der Waals surface area contributed by atoms with Gasteiger partial charge in [-0.2, -0.15) is 22.7 Å². The van der Waals surface area contributed by atoms with Gasteiger partial charge in [-0.3, -0.25) is 0 Å². The SMILES string of the molecule is Oc1ccc(C2(c3ccc(O)c4ccccc34)c3c(-c4ccsc4)cccc3-c3cccc(-c4ccsc4)c32)c2ccccc12. The van der Waals surface area contributed by atoms with Gasteiger partial charge in [0, 0.05) is 10.8 Å². The minimum atomic E-state index is -0.803. The van der Waals surface area contributed by atoms with E-state index in [-0.39, 0.29) is 11.5 Å². The third-order valence-corrected chi connectivity index (χ3v) is 10.8. The molecule has 6 aromatic carbocycles. The Kier molecular flexibility index (Phi) is 5.79. The Hall–Kier alpha value is -5.16. The predicted octanol–water partition coefficient (Wildman–Crippen LogP) is 11.2. The molecule has 2 heterocycles. The monoisotopic (exact) mass is 614 g/mol. The molecule has 0 aliphatic heterocycles. The highest BCUT2D eigenvalue weighted by Crippen LogP contribution is 2.63. The summed E-state index contributed by atoms with van der Waals surface area (Å²) in [5, 5.41) is 34.7. The number of thiophene rings is 2. The molecule has 0 fully saturated rings. The van der Waals surface area contributed by atoms with Crippen molar-refractivity contribution in [2.45, 2.75) is 5.41 Å². The second kappa shape index (κ2) is 9.93. The lowest BCUT2D eigenvalue weighted by Gasteiger charge is -2.38. The normalized spacial score (nSPS) is 13.2. The van der Waals surface area contributed by atoms with Gasteiger partial charge in [0.25, 0.3) is 0 Å². The highest BCUT2D eigenvalue weighted by Gasteiger charge is 2.50. The second-order valence-corrected chi connectivity index (χ2v) is 13.1. The number of rotatable bonds is 4. The number of benzene rings is 6. The van der Waals surface area contributed by atoms with Crippen molar-refractivity contribution in [3.05, 3.63) is 165 Å². The number of hydrogen-bond donors (Lipinski definition) is 2. The summed E-state index contributed by atoms with van der Waals surface area (Å²) in [5.41, 5.74) is 10.9. The van der Waals surface area contributed by atoms with Crippen molar-refractivity contribution in [1.29, 1.82) is 0 Å². The Morgan fingerprint density at radius 1 is 0.400 bits per heavy atom. The molecule has 2 nitrogen and oxygen atoms in total. The summed E-state index contributed by atoms with van der Waals surface area (Å²) in [6.07, 6.45) is 0. The minimum Gasteiger partial charge on any atom is -0.507 e. The van der Waals surface area contributed by atoms with Gasteiger partial charge in [-0.1, -0.05) is 97.1 Å². The van der Waals surface area contributed by atoms with E-state index in [4.69, 9.17) is 0 Å². The van der Waals surface area contributed by atoms with Gasteiger partial charge >= 0.3 is 0 Å². The van der Waals surface area contributed by atoms with Crippen LogP contribution in [0.5, 0.6) is 11.5 Å². The zero-order valence-electron chi connectivity index (χ0n) is 24.1. The van der Waals surface area contributed by atoms with Gasteiger partial charge in [0.15, 0.2) is 0 Å². The van der Waals surface area contributed by atoms with Crippen LogP contribution in [0, 0.1) is 0 Å². The van der Waals surface area contributed by atoms with Crippen molar-refractivity contribution >= 4 is 44.2 Å². The summed E-state index contributed by atoms with van der Waals surface area (Å²) in [5.74, 6) is 0.520. The third-order valence-electron chi connectivity index (χ3n) is 9.44. The van der Waals surface area contributed by atoms with Crippen LogP contribution in [0.15, 0.2) is 143 Å². The summed E-state index contributed by atoms with van der Waals surface area (Å²) in [4.78, 5) is 0. The molecule has 214 valence electrons. The lowest BCUT2D eigenvalue weighted by atomic mass is 9.63. The summed E-state index contributed by atoms with van der Waals surface area (Å²) in [6.45, 7) is 0. The number of phenols is 2. The molecule has 8 aromatic rings. The van der Waals surface area contributed by atoms with E-state index in [0.29, 0.717) is 0 Å². The third kappa shape index (κ3) is 3.61.